The van der Waals surface area contributed by atoms with Crippen LogP contribution in [0.15, 0.2) is 5.16 Å². The van der Waals surface area contributed by atoms with Gasteiger partial charge in [0.2, 0.25) is 0 Å². The molecule has 0 aromatic heterocycles. The van der Waals surface area contributed by atoms with Crippen molar-refractivity contribution in [2.24, 2.45) is 5.16 Å². The lowest BCUT2D eigenvalue weighted by Crippen LogP contribution is -2.41. The van der Waals surface area contributed by atoms with Gasteiger partial charge < -0.3 is 15.3 Å². The van der Waals surface area contributed by atoms with E-state index in [0.29, 0.717) is 13.2 Å². The molecule has 5 heteroatoms. The summed E-state index contributed by atoms with van der Waals surface area (Å²) < 4.78 is 4.63. The van der Waals surface area contributed by atoms with Crippen LogP contribution in [0, 0.1) is 0 Å². The van der Waals surface area contributed by atoms with Crippen molar-refractivity contribution in [2.45, 2.75) is 0 Å². The van der Waals surface area contributed by atoms with Crippen molar-refractivity contribution >= 4 is 11.8 Å². The Bertz CT molecular complexity index is 154. The molecule has 50 valence electrons. The smallest absolute Gasteiger partial charge is 0.316 e. The normalized spacial score (nSPS) is 23.1. The Morgan fingerprint density at radius 3 is 3.00 bits per heavy atom. The zero-order valence-electron chi connectivity index (χ0n) is 4.63. The number of morpholine rings is 1. The maximum absolute atomic E-state index is 10.5. The monoisotopic (exact) mass is 130 g/mol. The van der Waals surface area contributed by atoms with Gasteiger partial charge in [-0.05, 0) is 5.16 Å². The molecule has 0 aromatic carbocycles. The molecule has 0 radical (unpaired) electrons. The Morgan fingerprint density at radius 2 is 2.56 bits per heavy atom. The lowest BCUT2D eigenvalue weighted by molar-refractivity contribution is -0.117. The predicted octanol–water partition coefficient (Wildman–Crippen LogP) is -1.08. The van der Waals surface area contributed by atoms with E-state index in [1.165, 1.54) is 0 Å². The second kappa shape index (κ2) is 2.34. The van der Waals surface area contributed by atoms with Crippen LogP contribution in [0.4, 0.5) is 0 Å². The van der Waals surface area contributed by atoms with Crippen LogP contribution in [-0.2, 0) is 9.53 Å². The SMILES string of the molecule is O=C1NCCO/C1=N/O. The van der Waals surface area contributed by atoms with Gasteiger partial charge in [-0.3, -0.25) is 4.79 Å². The average Bonchev–Trinajstić information content (AvgIpc) is 1.89. The first-order valence-corrected chi connectivity index (χ1v) is 2.47. The van der Waals surface area contributed by atoms with Crippen molar-refractivity contribution < 1.29 is 14.7 Å². The molecule has 0 aliphatic carbocycles. The predicted molar refractivity (Wildman–Crippen MR) is 28.2 cm³/mol. The number of ether oxygens (including phenoxy) is 1. The van der Waals surface area contributed by atoms with Gasteiger partial charge in [-0.1, -0.05) is 0 Å². The van der Waals surface area contributed by atoms with Gasteiger partial charge in [0.1, 0.15) is 6.61 Å². The zero-order valence-corrected chi connectivity index (χ0v) is 4.63. The molecule has 0 spiro atoms. The Labute approximate surface area is 51.3 Å². The molecule has 0 aromatic rings. The van der Waals surface area contributed by atoms with Crippen LogP contribution in [0.3, 0.4) is 0 Å². The summed E-state index contributed by atoms with van der Waals surface area (Å²) in [6.07, 6.45) is 0. The van der Waals surface area contributed by atoms with E-state index in [9.17, 15) is 4.79 Å². The standard InChI is InChI=1S/C4H6N2O3/c7-3-4(6-8)9-2-1-5-3/h8H,1-2H2,(H,5,7)/b6-4+. The molecule has 1 rings (SSSR count). The third kappa shape index (κ3) is 1.10. The highest BCUT2D eigenvalue weighted by atomic mass is 16.5. The summed E-state index contributed by atoms with van der Waals surface area (Å²) in [4.78, 5) is 10.5. The minimum Gasteiger partial charge on any atom is -0.470 e. The Kier molecular flexibility index (Phi) is 1.53. The van der Waals surface area contributed by atoms with Gasteiger partial charge in [0.25, 0.3) is 0 Å². The number of nitrogens with zero attached hydrogens (tertiary/aromatic N) is 1. The van der Waals surface area contributed by atoms with Gasteiger partial charge in [0.15, 0.2) is 0 Å². The zero-order chi connectivity index (χ0) is 6.69. The van der Waals surface area contributed by atoms with Crippen molar-refractivity contribution in [3.8, 4) is 0 Å². The fraction of sp³-hybridized carbons (Fsp3) is 0.500. The molecule has 1 heterocycles. The summed E-state index contributed by atoms with van der Waals surface area (Å²) in [6.45, 7) is 0.836. The Morgan fingerprint density at radius 1 is 1.78 bits per heavy atom. The van der Waals surface area contributed by atoms with Crippen LogP contribution in [0.5, 0.6) is 0 Å². The fourth-order valence-corrected chi connectivity index (χ4v) is 0.528. The Balaban J connectivity index is 2.60. The first-order valence-electron chi connectivity index (χ1n) is 2.47. The van der Waals surface area contributed by atoms with Crippen LogP contribution in [0.25, 0.3) is 0 Å². The third-order valence-electron chi connectivity index (χ3n) is 0.911. The number of nitrogens with one attached hydrogen (secondary N) is 1. The summed E-state index contributed by atoms with van der Waals surface area (Å²) in [7, 11) is 0. The highest BCUT2D eigenvalue weighted by Crippen LogP contribution is 1.87. The van der Waals surface area contributed by atoms with Gasteiger partial charge in [-0.15, -0.1) is 0 Å². The van der Waals surface area contributed by atoms with E-state index in [-0.39, 0.29) is 5.90 Å². The molecule has 0 saturated carbocycles. The van der Waals surface area contributed by atoms with Crippen LogP contribution in [0.1, 0.15) is 0 Å². The maximum atomic E-state index is 10.5. The minimum absolute atomic E-state index is 0.263. The van der Waals surface area contributed by atoms with Gasteiger partial charge in [-0.2, -0.15) is 0 Å². The van der Waals surface area contributed by atoms with E-state index < -0.39 is 5.91 Å². The van der Waals surface area contributed by atoms with Crippen molar-refractivity contribution in [1.29, 1.82) is 0 Å². The molecule has 1 aliphatic heterocycles. The first-order chi connectivity index (χ1) is 4.34. The maximum Gasteiger partial charge on any atom is 0.316 e. The first kappa shape index (κ1) is 5.87. The van der Waals surface area contributed by atoms with E-state index in [0.717, 1.165) is 0 Å². The number of hydrogen-bond acceptors (Lipinski definition) is 4. The van der Waals surface area contributed by atoms with Crippen molar-refractivity contribution in [3.05, 3.63) is 0 Å². The number of hydrogen-bond donors (Lipinski definition) is 2. The summed E-state index contributed by atoms with van der Waals surface area (Å²) in [5, 5.41) is 13.1. The quantitative estimate of drug-likeness (QED) is 0.323. The summed E-state index contributed by atoms with van der Waals surface area (Å²) >= 11 is 0. The number of carbonyl (C=O) groups is 1. The molecule has 9 heavy (non-hydrogen) atoms. The van der Waals surface area contributed by atoms with Crippen LogP contribution in [0.2, 0.25) is 0 Å². The molecule has 0 atom stereocenters. The summed E-state index contributed by atoms with van der Waals surface area (Å²) in [5.74, 6) is -0.731. The van der Waals surface area contributed by atoms with Crippen molar-refractivity contribution in [2.75, 3.05) is 13.2 Å². The molecule has 0 bridgehead atoms. The Hall–Kier alpha value is -1.26. The molecule has 1 amide bonds. The van der Waals surface area contributed by atoms with Gasteiger partial charge in [0, 0.05) is 0 Å². The molecule has 5 nitrogen and oxygen atoms in total. The fourth-order valence-electron chi connectivity index (χ4n) is 0.528. The lowest BCUT2D eigenvalue weighted by Gasteiger charge is -2.12. The van der Waals surface area contributed by atoms with E-state index in [1.54, 1.807) is 0 Å². The number of amides is 1. The van der Waals surface area contributed by atoms with Crippen LogP contribution < -0.4 is 5.32 Å². The lowest BCUT2D eigenvalue weighted by atomic mass is 10.5. The topological polar surface area (TPSA) is 70.9 Å². The van der Waals surface area contributed by atoms with E-state index in [4.69, 9.17) is 5.21 Å². The molecule has 1 saturated heterocycles. The molecular formula is C4H6N2O3. The molecule has 1 aliphatic rings. The van der Waals surface area contributed by atoms with E-state index in [2.05, 4.69) is 15.2 Å². The highest BCUT2D eigenvalue weighted by molar-refractivity contribution is 6.35. The van der Waals surface area contributed by atoms with Crippen LogP contribution >= 0.6 is 0 Å². The number of rotatable bonds is 0. The van der Waals surface area contributed by atoms with Gasteiger partial charge in [0.05, 0.1) is 6.54 Å². The van der Waals surface area contributed by atoms with Gasteiger partial charge >= 0.3 is 11.8 Å². The van der Waals surface area contributed by atoms with Crippen molar-refractivity contribution in [1.82, 2.24) is 5.32 Å². The summed E-state index contributed by atoms with van der Waals surface area (Å²) in [6, 6.07) is 0. The average molecular weight is 130 g/mol. The second-order valence-electron chi connectivity index (χ2n) is 1.51. The number of oxime groups is 1. The van der Waals surface area contributed by atoms with E-state index >= 15 is 0 Å². The minimum atomic E-state index is -0.469. The molecule has 1 fully saturated rings. The molecule has 2 N–H and O–H groups in total. The number of carbonyl (C=O) groups excluding carboxylic acids is 1. The van der Waals surface area contributed by atoms with Crippen LogP contribution in [-0.4, -0.2) is 30.2 Å². The summed E-state index contributed by atoms with van der Waals surface area (Å²) in [5.41, 5.74) is 0. The van der Waals surface area contributed by atoms with Crippen molar-refractivity contribution in [3.63, 3.8) is 0 Å². The second-order valence-corrected chi connectivity index (χ2v) is 1.51. The van der Waals surface area contributed by atoms with E-state index in [1.807, 2.05) is 0 Å². The molecular weight excluding hydrogens is 124 g/mol. The molecule has 0 unspecified atom stereocenters. The highest BCUT2D eigenvalue weighted by Gasteiger charge is 2.17. The third-order valence-corrected chi connectivity index (χ3v) is 0.911. The van der Waals surface area contributed by atoms with Gasteiger partial charge in [-0.25, -0.2) is 0 Å². The largest absolute Gasteiger partial charge is 0.470 e.